The summed E-state index contributed by atoms with van der Waals surface area (Å²) in [5, 5.41) is 2.89. The molecular weight excluding hydrogens is 370 g/mol. The third kappa shape index (κ3) is 2.44. The molecule has 1 fully saturated rings. The molecule has 0 aliphatic carbocycles. The number of carbonyl (C=O) groups excluding carboxylic acids is 2. The molecule has 2 bridgehead atoms. The molecular formula is C19H16BrNO3. The van der Waals surface area contributed by atoms with Gasteiger partial charge in [0.05, 0.1) is 0 Å². The monoisotopic (exact) mass is 385 g/mol. The Morgan fingerprint density at radius 2 is 2.00 bits per heavy atom. The zero-order valence-corrected chi connectivity index (χ0v) is 14.7. The summed E-state index contributed by atoms with van der Waals surface area (Å²) in [6.45, 7) is 1.85. The van der Waals surface area contributed by atoms with Crippen molar-refractivity contribution in [2.24, 2.45) is 5.92 Å². The molecule has 2 aromatic rings. The molecule has 2 heterocycles. The van der Waals surface area contributed by atoms with Gasteiger partial charge in [-0.15, -0.1) is 0 Å². The van der Waals surface area contributed by atoms with Crippen LogP contribution in [0.15, 0.2) is 53.0 Å². The fourth-order valence-electron chi connectivity index (χ4n) is 3.69. The highest BCUT2D eigenvalue weighted by Gasteiger charge is 2.51. The lowest BCUT2D eigenvalue weighted by atomic mass is 9.72. The van der Waals surface area contributed by atoms with Gasteiger partial charge >= 0.3 is 0 Å². The highest BCUT2D eigenvalue weighted by Crippen LogP contribution is 2.48. The van der Waals surface area contributed by atoms with E-state index in [9.17, 15) is 9.59 Å². The van der Waals surface area contributed by atoms with E-state index in [2.05, 4.69) is 21.2 Å². The molecule has 0 spiro atoms. The second-order valence-electron chi connectivity index (χ2n) is 6.52. The predicted octanol–water partition coefficient (Wildman–Crippen LogP) is 3.66. The first-order chi connectivity index (χ1) is 11.5. The SMILES string of the molecule is CC12CC(c3cc(Br)ccc3O1)C(C(=O)c1ccccc1)C(=O)N2. The van der Waals surface area contributed by atoms with Gasteiger partial charge < -0.3 is 10.1 Å². The second kappa shape index (κ2) is 5.45. The maximum Gasteiger partial charge on any atom is 0.234 e. The summed E-state index contributed by atoms with van der Waals surface area (Å²) >= 11 is 3.47. The fourth-order valence-corrected chi connectivity index (χ4v) is 4.07. The third-order valence-electron chi connectivity index (χ3n) is 4.73. The summed E-state index contributed by atoms with van der Waals surface area (Å²) in [7, 11) is 0. The van der Waals surface area contributed by atoms with E-state index < -0.39 is 11.6 Å². The van der Waals surface area contributed by atoms with Crippen LogP contribution in [0.2, 0.25) is 0 Å². The van der Waals surface area contributed by atoms with Gasteiger partial charge in [0.25, 0.3) is 0 Å². The first kappa shape index (κ1) is 15.4. The Balaban J connectivity index is 1.81. The normalized spacial score (nSPS) is 27.7. The van der Waals surface area contributed by atoms with Gasteiger partial charge in [-0.25, -0.2) is 0 Å². The highest BCUT2D eigenvalue weighted by molar-refractivity contribution is 9.10. The summed E-state index contributed by atoms with van der Waals surface area (Å²) < 4.78 is 6.89. The lowest BCUT2D eigenvalue weighted by Crippen LogP contribution is -2.61. The van der Waals surface area contributed by atoms with E-state index in [1.165, 1.54) is 0 Å². The quantitative estimate of drug-likeness (QED) is 0.633. The first-order valence-electron chi connectivity index (χ1n) is 7.87. The van der Waals surface area contributed by atoms with Crippen molar-refractivity contribution in [1.29, 1.82) is 0 Å². The molecule has 4 nitrogen and oxygen atoms in total. The van der Waals surface area contributed by atoms with Crippen LogP contribution < -0.4 is 10.1 Å². The molecule has 3 atom stereocenters. The van der Waals surface area contributed by atoms with E-state index >= 15 is 0 Å². The first-order valence-corrected chi connectivity index (χ1v) is 8.66. The van der Waals surface area contributed by atoms with Crippen LogP contribution >= 0.6 is 15.9 Å². The predicted molar refractivity (Wildman–Crippen MR) is 92.9 cm³/mol. The van der Waals surface area contributed by atoms with E-state index in [-0.39, 0.29) is 17.6 Å². The van der Waals surface area contributed by atoms with Gasteiger partial charge in [0.2, 0.25) is 5.91 Å². The van der Waals surface area contributed by atoms with Crippen molar-refractivity contribution in [2.75, 3.05) is 0 Å². The Morgan fingerprint density at radius 1 is 1.25 bits per heavy atom. The molecule has 122 valence electrons. The lowest BCUT2D eigenvalue weighted by molar-refractivity contribution is -0.137. The van der Waals surface area contributed by atoms with Crippen molar-refractivity contribution >= 4 is 27.6 Å². The average molecular weight is 386 g/mol. The van der Waals surface area contributed by atoms with Gasteiger partial charge in [0.1, 0.15) is 11.7 Å². The number of ketones is 1. The Labute approximate surface area is 148 Å². The smallest absolute Gasteiger partial charge is 0.234 e. The van der Waals surface area contributed by atoms with Crippen LogP contribution in [0, 0.1) is 5.92 Å². The minimum atomic E-state index is -0.768. The fraction of sp³-hybridized carbons (Fsp3) is 0.263. The van der Waals surface area contributed by atoms with E-state index in [1.807, 2.05) is 43.3 Å². The maximum atomic E-state index is 13.0. The molecule has 0 radical (unpaired) electrons. The van der Waals surface area contributed by atoms with E-state index in [4.69, 9.17) is 4.74 Å². The van der Waals surface area contributed by atoms with E-state index in [1.54, 1.807) is 12.1 Å². The van der Waals surface area contributed by atoms with Gasteiger partial charge in [-0.2, -0.15) is 0 Å². The summed E-state index contributed by atoms with van der Waals surface area (Å²) in [5.74, 6) is -0.626. The highest BCUT2D eigenvalue weighted by atomic mass is 79.9. The van der Waals surface area contributed by atoms with Crippen molar-refractivity contribution in [3.8, 4) is 5.75 Å². The molecule has 24 heavy (non-hydrogen) atoms. The van der Waals surface area contributed by atoms with Crippen LogP contribution in [0.4, 0.5) is 0 Å². The minimum absolute atomic E-state index is 0.145. The van der Waals surface area contributed by atoms with Crippen molar-refractivity contribution in [1.82, 2.24) is 5.32 Å². The Morgan fingerprint density at radius 3 is 2.75 bits per heavy atom. The minimum Gasteiger partial charge on any atom is -0.468 e. The van der Waals surface area contributed by atoms with Crippen molar-refractivity contribution in [3.63, 3.8) is 0 Å². The van der Waals surface area contributed by atoms with Gasteiger partial charge in [0, 0.05) is 22.4 Å². The number of amides is 1. The second-order valence-corrected chi connectivity index (χ2v) is 7.44. The van der Waals surface area contributed by atoms with Crippen LogP contribution in [-0.4, -0.2) is 17.4 Å². The number of hydrogen-bond donors (Lipinski definition) is 1. The molecule has 2 aromatic carbocycles. The molecule has 1 saturated heterocycles. The van der Waals surface area contributed by atoms with Gasteiger partial charge in [0.15, 0.2) is 11.5 Å². The van der Waals surface area contributed by atoms with Crippen LogP contribution in [0.1, 0.15) is 35.2 Å². The number of fused-ring (bicyclic) bond motifs is 4. The number of piperidine rings is 1. The zero-order chi connectivity index (χ0) is 16.9. The molecule has 2 aliphatic heterocycles. The number of carbonyl (C=O) groups is 2. The van der Waals surface area contributed by atoms with Crippen LogP contribution in [0.3, 0.4) is 0 Å². The molecule has 0 aromatic heterocycles. The van der Waals surface area contributed by atoms with Crippen molar-refractivity contribution in [2.45, 2.75) is 25.0 Å². The molecule has 3 unspecified atom stereocenters. The van der Waals surface area contributed by atoms with Gasteiger partial charge in [-0.1, -0.05) is 46.3 Å². The summed E-state index contributed by atoms with van der Waals surface area (Å²) in [5.41, 5.74) is 0.700. The zero-order valence-electron chi connectivity index (χ0n) is 13.1. The number of benzene rings is 2. The number of nitrogens with one attached hydrogen (secondary N) is 1. The summed E-state index contributed by atoms with van der Waals surface area (Å²) in [4.78, 5) is 25.7. The van der Waals surface area contributed by atoms with Gasteiger partial charge in [-0.05, 0) is 30.7 Å². The van der Waals surface area contributed by atoms with Crippen molar-refractivity contribution < 1.29 is 14.3 Å². The average Bonchev–Trinajstić information content (AvgIpc) is 2.55. The number of rotatable bonds is 2. The molecule has 5 heteroatoms. The lowest BCUT2D eigenvalue weighted by Gasteiger charge is -2.46. The van der Waals surface area contributed by atoms with Crippen LogP contribution in [-0.2, 0) is 4.79 Å². The molecule has 1 N–H and O–H groups in total. The molecule has 4 rings (SSSR count). The van der Waals surface area contributed by atoms with Crippen LogP contribution in [0.5, 0.6) is 5.75 Å². The van der Waals surface area contributed by atoms with Crippen molar-refractivity contribution in [3.05, 3.63) is 64.1 Å². The Bertz CT molecular complexity index is 836. The molecule has 1 amide bonds. The van der Waals surface area contributed by atoms with E-state index in [0.717, 1.165) is 15.8 Å². The number of ether oxygens (including phenoxy) is 1. The summed E-state index contributed by atoms with van der Waals surface area (Å²) in [6, 6.07) is 14.7. The topological polar surface area (TPSA) is 55.4 Å². The summed E-state index contributed by atoms with van der Waals surface area (Å²) in [6.07, 6.45) is 0.575. The largest absolute Gasteiger partial charge is 0.468 e. The Kier molecular flexibility index (Phi) is 3.49. The third-order valence-corrected chi connectivity index (χ3v) is 5.22. The Hall–Kier alpha value is -2.14. The molecule has 2 aliphatic rings. The van der Waals surface area contributed by atoms with Crippen LogP contribution in [0.25, 0.3) is 0 Å². The van der Waals surface area contributed by atoms with Gasteiger partial charge in [-0.3, -0.25) is 9.59 Å². The number of Topliss-reactive ketones (excluding diaryl/α,β-unsaturated/α-hetero) is 1. The maximum absolute atomic E-state index is 13.0. The molecule has 0 saturated carbocycles. The van der Waals surface area contributed by atoms with E-state index in [0.29, 0.717) is 12.0 Å². The number of halogens is 1. The number of hydrogen-bond acceptors (Lipinski definition) is 3. The standard InChI is InChI=1S/C19H16BrNO3/c1-19-10-14(13-9-12(20)7-8-15(13)24-19)16(18(23)21-19)17(22)11-5-3-2-4-6-11/h2-9,14,16H,10H2,1H3,(H,21,23).